The highest BCUT2D eigenvalue weighted by atomic mass is 16.2. The Morgan fingerprint density at radius 3 is 2.72 bits per heavy atom. The minimum atomic E-state index is -0.613. The van der Waals surface area contributed by atoms with Crippen LogP contribution in [0.25, 0.3) is 0 Å². The number of nitrogens with zero attached hydrogens (tertiary/aromatic N) is 1. The first kappa shape index (κ1) is 23.7. The maximum absolute atomic E-state index is 12.9. The van der Waals surface area contributed by atoms with Gasteiger partial charge in [0, 0.05) is 23.9 Å². The lowest BCUT2D eigenvalue weighted by Gasteiger charge is -2.20. The van der Waals surface area contributed by atoms with Gasteiger partial charge in [0.05, 0.1) is 11.5 Å². The second-order valence-corrected chi connectivity index (χ2v) is 9.81. The Hall–Kier alpha value is -4.00. The van der Waals surface area contributed by atoms with E-state index < -0.39 is 5.41 Å². The van der Waals surface area contributed by atoms with Gasteiger partial charge in [-0.15, -0.1) is 0 Å². The number of carbonyl (C=O) groups excluding carboxylic acids is 3. The third kappa shape index (κ3) is 4.61. The average Bonchev–Trinajstić information content (AvgIpc) is 3.39. The number of rotatable bonds is 9. The molecule has 3 N–H and O–H groups in total. The smallest absolute Gasteiger partial charge is 0.237 e. The van der Waals surface area contributed by atoms with Gasteiger partial charge in [0.1, 0.15) is 5.82 Å². The van der Waals surface area contributed by atoms with Crippen molar-refractivity contribution < 1.29 is 14.4 Å². The zero-order valence-corrected chi connectivity index (χ0v) is 20.3. The molecule has 184 valence electrons. The van der Waals surface area contributed by atoms with Crippen LogP contribution in [-0.2, 0) is 32.6 Å². The third-order valence-corrected chi connectivity index (χ3v) is 7.36. The topological polar surface area (TPSA) is 100 Å². The molecule has 0 bridgehead atoms. The highest BCUT2D eigenvalue weighted by Gasteiger charge is 2.51. The zero-order chi connectivity index (χ0) is 25.1. The SMILES string of the molecule is Cc1ccc(C(CCCCC(=O)Nc2ccc3c(c2)CC2(C3)C(=O)Nc3ncccc32)NC=O)cc1. The van der Waals surface area contributed by atoms with E-state index >= 15 is 0 Å². The van der Waals surface area contributed by atoms with Crippen LogP contribution in [0.3, 0.4) is 0 Å². The molecule has 3 aromatic rings. The van der Waals surface area contributed by atoms with Crippen LogP contribution in [0.5, 0.6) is 0 Å². The number of hydrogen-bond acceptors (Lipinski definition) is 4. The van der Waals surface area contributed by atoms with E-state index in [1.54, 1.807) is 6.20 Å². The number of pyridine rings is 1. The van der Waals surface area contributed by atoms with Gasteiger partial charge >= 0.3 is 0 Å². The Balaban J connectivity index is 1.15. The second kappa shape index (κ2) is 9.93. The van der Waals surface area contributed by atoms with Gasteiger partial charge in [-0.1, -0.05) is 48.4 Å². The molecule has 2 aromatic carbocycles. The van der Waals surface area contributed by atoms with E-state index in [1.807, 2.05) is 61.5 Å². The molecule has 1 spiro atoms. The van der Waals surface area contributed by atoms with E-state index in [1.165, 1.54) is 5.56 Å². The summed E-state index contributed by atoms with van der Waals surface area (Å²) in [5.74, 6) is 0.605. The molecule has 2 aliphatic rings. The first-order chi connectivity index (χ1) is 17.5. The fourth-order valence-electron chi connectivity index (χ4n) is 5.43. The lowest BCUT2D eigenvalue weighted by Crippen LogP contribution is -2.35. The zero-order valence-electron chi connectivity index (χ0n) is 20.3. The van der Waals surface area contributed by atoms with Crippen LogP contribution in [0.2, 0.25) is 0 Å². The summed E-state index contributed by atoms with van der Waals surface area (Å²) in [6.07, 6.45) is 6.39. The largest absolute Gasteiger partial charge is 0.352 e. The van der Waals surface area contributed by atoms with E-state index in [4.69, 9.17) is 0 Å². The van der Waals surface area contributed by atoms with Crippen molar-refractivity contribution in [3.63, 3.8) is 0 Å². The molecular formula is C29H30N4O3. The van der Waals surface area contributed by atoms with Crippen LogP contribution in [0.4, 0.5) is 11.5 Å². The molecule has 2 atom stereocenters. The van der Waals surface area contributed by atoms with Gasteiger partial charge in [0.25, 0.3) is 0 Å². The molecule has 1 aromatic heterocycles. The summed E-state index contributed by atoms with van der Waals surface area (Å²) in [5.41, 5.74) is 5.55. The molecule has 0 radical (unpaired) electrons. The summed E-state index contributed by atoms with van der Waals surface area (Å²) < 4.78 is 0. The Bertz CT molecular complexity index is 1300. The molecule has 7 nitrogen and oxygen atoms in total. The normalized spacial score (nSPS) is 18.3. The lowest BCUT2D eigenvalue weighted by atomic mass is 9.79. The van der Waals surface area contributed by atoms with Crippen LogP contribution in [0.1, 0.15) is 59.5 Å². The van der Waals surface area contributed by atoms with Gasteiger partial charge in [0.15, 0.2) is 0 Å². The minimum Gasteiger partial charge on any atom is -0.352 e. The third-order valence-electron chi connectivity index (χ3n) is 7.36. The van der Waals surface area contributed by atoms with Crippen LogP contribution >= 0.6 is 0 Å². The van der Waals surface area contributed by atoms with Crippen LogP contribution in [-0.4, -0.2) is 23.2 Å². The predicted molar refractivity (Wildman–Crippen MR) is 139 cm³/mol. The minimum absolute atomic E-state index is 0.00834. The van der Waals surface area contributed by atoms with Crippen molar-refractivity contribution in [2.45, 2.75) is 56.9 Å². The number of unbranched alkanes of at least 4 members (excludes halogenated alkanes) is 1. The Morgan fingerprint density at radius 2 is 1.92 bits per heavy atom. The van der Waals surface area contributed by atoms with Crippen molar-refractivity contribution in [1.29, 1.82) is 0 Å². The van der Waals surface area contributed by atoms with E-state index in [0.717, 1.165) is 53.6 Å². The lowest BCUT2D eigenvalue weighted by molar-refractivity contribution is -0.120. The molecule has 0 fully saturated rings. The van der Waals surface area contributed by atoms with E-state index in [2.05, 4.69) is 20.9 Å². The number of anilines is 2. The summed E-state index contributed by atoms with van der Waals surface area (Å²) in [6.45, 7) is 2.03. The van der Waals surface area contributed by atoms with Crippen LogP contribution < -0.4 is 16.0 Å². The molecular weight excluding hydrogens is 452 g/mol. The number of aryl methyl sites for hydroxylation is 1. The number of amides is 3. The maximum Gasteiger partial charge on any atom is 0.237 e. The van der Waals surface area contributed by atoms with Crippen molar-refractivity contribution in [1.82, 2.24) is 10.3 Å². The van der Waals surface area contributed by atoms with E-state index in [9.17, 15) is 14.4 Å². The van der Waals surface area contributed by atoms with E-state index in [0.29, 0.717) is 25.1 Å². The monoisotopic (exact) mass is 482 g/mol. The summed E-state index contributed by atoms with van der Waals surface area (Å²) in [6, 6.07) is 17.8. The summed E-state index contributed by atoms with van der Waals surface area (Å²) >= 11 is 0. The Morgan fingerprint density at radius 1 is 1.11 bits per heavy atom. The molecule has 1 aliphatic carbocycles. The Labute approximate surface area is 210 Å². The van der Waals surface area contributed by atoms with Gasteiger partial charge in [-0.25, -0.2) is 4.98 Å². The number of benzene rings is 2. The summed E-state index contributed by atoms with van der Waals surface area (Å²) in [7, 11) is 0. The molecule has 3 amide bonds. The summed E-state index contributed by atoms with van der Waals surface area (Å²) in [5, 5.41) is 8.82. The average molecular weight is 483 g/mol. The molecule has 7 heteroatoms. The van der Waals surface area contributed by atoms with Gasteiger partial charge in [-0.2, -0.15) is 0 Å². The van der Waals surface area contributed by atoms with Gasteiger partial charge in [-0.05, 0) is 67.5 Å². The van der Waals surface area contributed by atoms with E-state index in [-0.39, 0.29) is 17.9 Å². The van der Waals surface area contributed by atoms with Crippen molar-refractivity contribution in [2.24, 2.45) is 0 Å². The molecule has 0 saturated carbocycles. The van der Waals surface area contributed by atoms with Crippen molar-refractivity contribution >= 4 is 29.7 Å². The first-order valence-electron chi connectivity index (χ1n) is 12.4. The standard InChI is InChI=1S/C29H30N4O3/c1-19-8-10-20(11-9-19)25(31-18-34)6-2-3-7-26(35)32-23-13-12-21-16-29(17-22(21)15-23)24-5-4-14-30-27(24)33-28(29)36/h4-5,8-15,18,25H,2-3,6-7,16-17H2,1H3,(H,31,34)(H,32,35)(H,30,33,36). The van der Waals surface area contributed by atoms with Gasteiger partial charge in [-0.3, -0.25) is 14.4 Å². The molecule has 36 heavy (non-hydrogen) atoms. The second-order valence-electron chi connectivity index (χ2n) is 9.81. The van der Waals surface area contributed by atoms with Crippen LogP contribution in [0.15, 0.2) is 60.8 Å². The molecule has 0 saturated heterocycles. The number of fused-ring (bicyclic) bond motifs is 3. The first-order valence-corrected chi connectivity index (χ1v) is 12.4. The number of carbonyl (C=O) groups is 3. The van der Waals surface area contributed by atoms with Crippen molar-refractivity contribution in [3.8, 4) is 0 Å². The maximum atomic E-state index is 12.9. The van der Waals surface area contributed by atoms with Crippen molar-refractivity contribution in [2.75, 3.05) is 10.6 Å². The van der Waals surface area contributed by atoms with Gasteiger partial charge in [0.2, 0.25) is 18.2 Å². The summed E-state index contributed by atoms with van der Waals surface area (Å²) in [4.78, 5) is 40.8. The molecule has 1 aliphatic heterocycles. The highest BCUT2D eigenvalue weighted by molar-refractivity contribution is 6.06. The number of hydrogen-bond donors (Lipinski definition) is 3. The quantitative estimate of drug-likeness (QED) is 0.312. The number of aromatic nitrogens is 1. The highest BCUT2D eigenvalue weighted by Crippen LogP contribution is 2.46. The van der Waals surface area contributed by atoms with Crippen molar-refractivity contribution in [3.05, 3.63) is 88.6 Å². The Kier molecular flexibility index (Phi) is 6.55. The van der Waals surface area contributed by atoms with Crippen LogP contribution in [0, 0.1) is 6.92 Å². The fourth-order valence-corrected chi connectivity index (χ4v) is 5.43. The fraction of sp³-hybridized carbons (Fsp3) is 0.310. The number of nitrogens with one attached hydrogen (secondary N) is 3. The molecule has 2 heterocycles. The van der Waals surface area contributed by atoms with Gasteiger partial charge < -0.3 is 16.0 Å². The predicted octanol–water partition coefficient (Wildman–Crippen LogP) is 4.36. The molecule has 5 rings (SSSR count). The molecule has 2 unspecified atom stereocenters.